The van der Waals surface area contributed by atoms with E-state index in [2.05, 4.69) is 4.74 Å². The number of carboxylic acid groups (broad SMARTS) is 1. The van der Waals surface area contributed by atoms with Crippen LogP contribution in [-0.2, 0) is 14.3 Å². The second kappa shape index (κ2) is 8.86. The molecule has 0 saturated carbocycles. The summed E-state index contributed by atoms with van der Waals surface area (Å²) < 4.78 is 9.58. The molecule has 3 N–H and O–H groups in total. The Labute approximate surface area is 170 Å². The summed E-state index contributed by atoms with van der Waals surface area (Å²) in [5.74, 6) is -3.18. The standard InChI is InChI=1S/C20H18N2O8/c23-15-16(24)18(29-17(15)25)30-20(28)22(14-9-5-2-6-10-14)12-11-21(19(26)27)13-7-3-1-4-8-13/h1-10,18,23-24H,11-12H2,(H,26,27). The summed E-state index contributed by atoms with van der Waals surface area (Å²) in [6.45, 7) is -0.206. The molecule has 2 aromatic carbocycles. The van der Waals surface area contributed by atoms with Gasteiger partial charge in [0.1, 0.15) is 0 Å². The van der Waals surface area contributed by atoms with Crippen LogP contribution in [0.3, 0.4) is 0 Å². The molecule has 3 rings (SSSR count). The number of amides is 2. The summed E-state index contributed by atoms with van der Waals surface area (Å²) >= 11 is 0. The van der Waals surface area contributed by atoms with Gasteiger partial charge in [0.25, 0.3) is 0 Å². The van der Waals surface area contributed by atoms with Crippen LogP contribution in [0, 0.1) is 0 Å². The van der Waals surface area contributed by atoms with Crippen molar-refractivity contribution in [2.45, 2.75) is 6.29 Å². The average Bonchev–Trinajstić information content (AvgIpc) is 2.98. The minimum atomic E-state index is -1.79. The molecule has 2 aromatic rings. The van der Waals surface area contributed by atoms with Crippen LogP contribution in [-0.4, -0.2) is 52.9 Å². The maximum Gasteiger partial charge on any atom is 0.417 e. The number of aliphatic hydroxyl groups excluding tert-OH is 2. The number of carbonyl (C=O) groups excluding carboxylic acids is 2. The first-order valence-corrected chi connectivity index (χ1v) is 8.80. The van der Waals surface area contributed by atoms with E-state index in [1.807, 2.05) is 0 Å². The highest BCUT2D eigenvalue weighted by Crippen LogP contribution is 2.23. The highest BCUT2D eigenvalue weighted by Gasteiger charge is 2.38. The first-order chi connectivity index (χ1) is 14.4. The zero-order valence-electron chi connectivity index (χ0n) is 15.5. The predicted molar refractivity (Wildman–Crippen MR) is 104 cm³/mol. The number of esters is 1. The minimum Gasteiger partial charge on any atom is -0.503 e. The van der Waals surface area contributed by atoms with Crippen molar-refractivity contribution in [1.29, 1.82) is 0 Å². The van der Waals surface area contributed by atoms with Gasteiger partial charge in [0.15, 0.2) is 0 Å². The van der Waals surface area contributed by atoms with Crippen LogP contribution in [0.4, 0.5) is 21.0 Å². The molecule has 0 saturated heterocycles. The maximum atomic E-state index is 12.7. The lowest BCUT2D eigenvalue weighted by molar-refractivity contribution is -0.155. The Hall–Kier alpha value is -4.21. The highest BCUT2D eigenvalue weighted by molar-refractivity contribution is 5.91. The molecule has 2 amide bonds. The van der Waals surface area contributed by atoms with Gasteiger partial charge in [-0.2, -0.15) is 0 Å². The number of nitrogens with zero attached hydrogens (tertiary/aromatic N) is 2. The lowest BCUT2D eigenvalue weighted by atomic mass is 10.2. The number of hydrogen-bond acceptors (Lipinski definition) is 7. The SMILES string of the molecule is O=C1OC(OC(=O)N(CCN(C(=O)O)c2ccccc2)c2ccccc2)C(O)=C1O. The molecule has 0 spiro atoms. The summed E-state index contributed by atoms with van der Waals surface area (Å²) in [7, 11) is 0. The number of ether oxygens (including phenoxy) is 2. The van der Waals surface area contributed by atoms with E-state index in [4.69, 9.17) is 4.74 Å². The Morgan fingerprint density at radius 1 is 0.900 bits per heavy atom. The number of rotatable bonds is 6. The van der Waals surface area contributed by atoms with Crippen molar-refractivity contribution < 1.29 is 39.2 Å². The fraction of sp³-hybridized carbons (Fsp3) is 0.150. The molecular weight excluding hydrogens is 396 g/mol. The summed E-state index contributed by atoms with van der Waals surface area (Å²) in [5, 5.41) is 28.6. The van der Waals surface area contributed by atoms with E-state index in [-0.39, 0.29) is 13.1 Å². The van der Waals surface area contributed by atoms with Crippen LogP contribution in [0.1, 0.15) is 0 Å². The van der Waals surface area contributed by atoms with Gasteiger partial charge in [-0.15, -0.1) is 0 Å². The molecule has 1 aliphatic rings. The monoisotopic (exact) mass is 414 g/mol. The minimum absolute atomic E-state index is 0.0964. The average molecular weight is 414 g/mol. The topological polar surface area (TPSA) is 137 Å². The Kier molecular flexibility index (Phi) is 6.06. The molecule has 10 heteroatoms. The van der Waals surface area contributed by atoms with Crippen molar-refractivity contribution in [2.24, 2.45) is 0 Å². The molecule has 1 atom stereocenters. The van der Waals surface area contributed by atoms with Crippen LogP contribution in [0.25, 0.3) is 0 Å². The summed E-state index contributed by atoms with van der Waals surface area (Å²) in [5.41, 5.74) is 0.805. The Bertz CT molecular complexity index is 961. The number of carbonyl (C=O) groups is 3. The maximum absolute atomic E-state index is 12.7. The van der Waals surface area contributed by atoms with Gasteiger partial charge in [0, 0.05) is 24.5 Å². The molecule has 30 heavy (non-hydrogen) atoms. The van der Waals surface area contributed by atoms with E-state index in [0.717, 1.165) is 9.80 Å². The lowest BCUT2D eigenvalue weighted by Gasteiger charge is -2.26. The zero-order chi connectivity index (χ0) is 21.7. The van der Waals surface area contributed by atoms with E-state index < -0.39 is 36.0 Å². The quantitative estimate of drug-likeness (QED) is 0.614. The zero-order valence-corrected chi connectivity index (χ0v) is 15.5. The fourth-order valence-electron chi connectivity index (χ4n) is 2.74. The van der Waals surface area contributed by atoms with Gasteiger partial charge in [0.05, 0.1) is 0 Å². The Morgan fingerprint density at radius 2 is 1.40 bits per heavy atom. The molecule has 0 fully saturated rings. The van der Waals surface area contributed by atoms with Gasteiger partial charge in [-0.25, -0.2) is 14.4 Å². The number of hydrogen-bond donors (Lipinski definition) is 3. The predicted octanol–water partition coefficient (Wildman–Crippen LogP) is 3.02. The number of benzene rings is 2. The molecule has 0 bridgehead atoms. The molecule has 10 nitrogen and oxygen atoms in total. The van der Waals surface area contributed by atoms with Gasteiger partial charge in [-0.1, -0.05) is 36.4 Å². The summed E-state index contributed by atoms with van der Waals surface area (Å²) in [6.07, 6.45) is -4.02. The molecule has 0 radical (unpaired) electrons. The molecule has 156 valence electrons. The van der Waals surface area contributed by atoms with Crippen LogP contribution >= 0.6 is 0 Å². The van der Waals surface area contributed by atoms with Gasteiger partial charge in [-0.3, -0.25) is 9.80 Å². The van der Waals surface area contributed by atoms with E-state index in [1.165, 1.54) is 0 Å². The van der Waals surface area contributed by atoms with Crippen molar-refractivity contribution in [3.05, 3.63) is 72.2 Å². The molecule has 0 aliphatic carbocycles. The molecular formula is C20H18N2O8. The molecule has 0 aromatic heterocycles. The van der Waals surface area contributed by atoms with E-state index in [9.17, 15) is 29.7 Å². The fourth-order valence-corrected chi connectivity index (χ4v) is 2.74. The molecule has 1 heterocycles. The van der Waals surface area contributed by atoms with Gasteiger partial charge >= 0.3 is 24.4 Å². The number of anilines is 2. The first kappa shape index (κ1) is 20.5. The third kappa shape index (κ3) is 4.43. The van der Waals surface area contributed by atoms with Crippen LogP contribution < -0.4 is 9.80 Å². The van der Waals surface area contributed by atoms with Gasteiger partial charge in [0.2, 0.25) is 11.5 Å². The third-order valence-corrected chi connectivity index (χ3v) is 4.22. The second-order valence-electron chi connectivity index (χ2n) is 6.11. The first-order valence-electron chi connectivity index (χ1n) is 8.80. The van der Waals surface area contributed by atoms with Crippen molar-refractivity contribution >= 4 is 29.5 Å². The Morgan fingerprint density at radius 3 is 1.87 bits per heavy atom. The lowest BCUT2D eigenvalue weighted by Crippen LogP contribution is -2.42. The second-order valence-corrected chi connectivity index (χ2v) is 6.11. The number of aliphatic hydroxyl groups is 2. The van der Waals surface area contributed by atoms with Crippen LogP contribution in [0.2, 0.25) is 0 Å². The highest BCUT2D eigenvalue weighted by atomic mass is 16.7. The number of para-hydroxylation sites is 2. The van der Waals surface area contributed by atoms with Crippen molar-refractivity contribution in [3.8, 4) is 0 Å². The summed E-state index contributed by atoms with van der Waals surface area (Å²) in [6, 6.07) is 16.6. The van der Waals surface area contributed by atoms with Gasteiger partial charge in [-0.05, 0) is 24.3 Å². The van der Waals surface area contributed by atoms with Crippen molar-refractivity contribution in [2.75, 3.05) is 22.9 Å². The van der Waals surface area contributed by atoms with E-state index >= 15 is 0 Å². The third-order valence-electron chi connectivity index (χ3n) is 4.22. The largest absolute Gasteiger partial charge is 0.503 e. The molecule has 1 unspecified atom stereocenters. The summed E-state index contributed by atoms with van der Waals surface area (Å²) in [4.78, 5) is 37.9. The molecule has 1 aliphatic heterocycles. The van der Waals surface area contributed by atoms with Crippen molar-refractivity contribution in [3.63, 3.8) is 0 Å². The van der Waals surface area contributed by atoms with E-state index in [1.54, 1.807) is 60.7 Å². The van der Waals surface area contributed by atoms with Crippen LogP contribution in [0.15, 0.2) is 72.2 Å². The smallest absolute Gasteiger partial charge is 0.417 e. The normalized spacial score (nSPS) is 15.5. The van der Waals surface area contributed by atoms with E-state index in [0.29, 0.717) is 11.4 Å². The van der Waals surface area contributed by atoms with Gasteiger partial charge < -0.3 is 24.8 Å². The number of cyclic esters (lactones) is 1. The van der Waals surface area contributed by atoms with Crippen molar-refractivity contribution in [1.82, 2.24) is 0 Å². The van der Waals surface area contributed by atoms with Crippen LogP contribution in [0.5, 0.6) is 0 Å². The Balaban J connectivity index is 1.79.